The summed E-state index contributed by atoms with van der Waals surface area (Å²) >= 11 is 5.81. The zero-order chi connectivity index (χ0) is 16.2. The Balaban J connectivity index is 2.94. The summed E-state index contributed by atoms with van der Waals surface area (Å²) in [5, 5.41) is 11.4. The van der Waals surface area contributed by atoms with Gasteiger partial charge in [0.15, 0.2) is 0 Å². The molecule has 0 bridgehead atoms. The van der Waals surface area contributed by atoms with Gasteiger partial charge >= 0.3 is 0 Å². The molecule has 21 heavy (non-hydrogen) atoms. The zero-order valence-electron chi connectivity index (χ0n) is 11.8. The number of hydrogen-bond donors (Lipinski definition) is 2. The fraction of sp³-hybridized carbons (Fsp3) is 0.385. The molecule has 1 atom stereocenters. The highest BCUT2D eigenvalue weighted by atomic mass is 35.5. The van der Waals surface area contributed by atoms with Crippen LogP contribution in [-0.2, 0) is 14.8 Å². The summed E-state index contributed by atoms with van der Waals surface area (Å²) in [6.07, 6.45) is 0. The Kier molecular flexibility index (Phi) is 5.72. The maximum atomic E-state index is 12.2. The molecule has 0 spiro atoms. The van der Waals surface area contributed by atoms with Crippen LogP contribution < -0.4 is 10.0 Å². The molecule has 0 heterocycles. The molecule has 0 aromatic heterocycles. The van der Waals surface area contributed by atoms with Crippen LogP contribution in [-0.4, -0.2) is 26.4 Å². The third-order valence-electron chi connectivity index (χ3n) is 2.53. The maximum Gasteiger partial charge on any atom is 0.241 e. The van der Waals surface area contributed by atoms with E-state index in [1.54, 1.807) is 13.8 Å². The second kappa shape index (κ2) is 6.89. The molecule has 1 amide bonds. The van der Waals surface area contributed by atoms with Crippen LogP contribution in [0, 0.1) is 11.3 Å². The lowest BCUT2D eigenvalue weighted by Crippen LogP contribution is -2.46. The predicted octanol–water partition coefficient (Wildman–Crippen LogP) is 1.40. The van der Waals surface area contributed by atoms with Crippen molar-refractivity contribution >= 4 is 27.5 Å². The summed E-state index contributed by atoms with van der Waals surface area (Å²) in [6, 6.07) is 4.58. The molecule has 6 nitrogen and oxygen atoms in total. The highest BCUT2D eigenvalue weighted by molar-refractivity contribution is 7.89. The number of nitrogens with one attached hydrogen (secondary N) is 2. The summed E-state index contributed by atoms with van der Waals surface area (Å²) in [6.45, 7) is 5.00. The SMILES string of the molecule is CC(C)NC(=O)C(C)NS(=O)(=O)c1ccc(C#N)c(Cl)c1. The fourth-order valence-corrected chi connectivity index (χ4v) is 3.03. The van der Waals surface area contributed by atoms with Crippen LogP contribution in [0.4, 0.5) is 0 Å². The summed E-state index contributed by atoms with van der Waals surface area (Å²) in [5.41, 5.74) is 0.182. The van der Waals surface area contributed by atoms with E-state index in [1.807, 2.05) is 6.07 Å². The summed E-state index contributed by atoms with van der Waals surface area (Å²) in [4.78, 5) is 11.6. The number of hydrogen-bond acceptors (Lipinski definition) is 4. The summed E-state index contributed by atoms with van der Waals surface area (Å²) in [5.74, 6) is -0.423. The lowest BCUT2D eigenvalue weighted by molar-refractivity contribution is -0.122. The monoisotopic (exact) mass is 329 g/mol. The van der Waals surface area contributed by atoms with Crippen molar-refractivity contribution in [1.29, 1.82) is 5.26 Å². The standard InChI is InChI=1S/C13H16ClN3O3S/c1-8(2)16-13(18)9(3)17-21(19,20)11-5-4-10(7-15)12(14)6-11/h4-6,8-9,17H,1-3H3,(H,16,18). The molecular formula is C13H16ClN3O3S. The van der Waals surface area contributed by atoms with Crippen LogP contribution in [0.2, 0.25) is 5.02 Å². The Hall–Kier alpha value is -1.62. The van der Waals surface area contributed by atoms with Crippen LogP contribution in [0.25, 0.3) is 0 Å². The lowest BCUT2D eigenvalue weighted by Gasteiger charge is -2.16. The van der Waals surface area contributed by atoms with E-state index in [0.29, 0.717) is 0 Å². The number of amides is 1. The fourth-order valence-electron chi connectivity index (χ4n) is 1.52. The van der Waals surface area contributed by atoms with Crippen LogP contribution in [0.5, 0.6) is 0 Å². The van der Waals surface area contributed by atoms with E-state index in [2.05, 4.69) is 10.0 Å². The molecule has 0 aliphatic rings. The predicted molar refractivity (Wildman–Crippen MR) is 79.2 cm³/mol. The molecule has 0 aliphatic heterocycles. The minimum atomic E-state index is -3.89. The van der Waals surface area contributed by atoms with Crippen molar-refractivity contribution in [3.05, 3.63) is 28.8 Å². The number of nitrogens with zero attached hydrogens (tertiary/aromatic N) is 1. The van der Waals surface area contributed by atoms with Gasteiger partial charge < -0.3 is 5.32 Å². The Labute approximate surface area is 129 Å². The maximum absolute atomic E-state index is 12.2. The largest absolute Gasteiger partial charge is 0.353 e. The first-order chi connectivity index (χ1) is 9.67. The van der Waals surface area contributed by atoms with Crippen molar-refractivity contribution in [3.8, 4) is 6.07 Å². The van der Waals surface area contributed by atoms with Gasteiger partial charge in [-0.3, -0.25) is 4.79 Å². The topological polar surface area (TPSA) is 99.1 Å². The van der Waals surface area contributed by atoms with Crippen LogP contribution in [0.15, 0.2) is 23.1 Å². The van der Waals surface area contributed by atoms with Crippen molar-refractivity contribution in [1.82, 2.24) is 10.0 Å². The van der Waals surface area contributed by atoms with Gasteiger partial charge in [-0.2, -0.15) is 9.98 Å². The van der Waals surface area contributed by atoms with Gasteiger partial charge in [0.25, 0.3) is 0 Å². The average Bonchev–Trinajstić information content (AvgIpc) is 2.37. The number of carbonyl (C=O) groups excluding carboxylic acids is 1. The van der Waals surface area contributed by atoms with E-state index in [9.17, 15) is 13.2 Å². The van der Waals surface area contributed by atoms with Gasteiger partial charge in [-0.1, -0.05) is 11.6 Å². The third-order valence-corrected chi connectivity index (χ3v) is 4.38. The summed E-state index contributed by atoms with van der Waals surface area (Å²) in [7, 11) is -3.89. The highest BCUT2D eigenvalue weighted by Gasteiger charge is 2.23. The van der Waals surface area contributed by atoms with Crippen LogP contribution in [0.3, 0.4) is 0 Å². The Morgan fingerprint density at radius 1 is 1.33 bits per heavy atom. The number of nitriles is 1. The normalized spacial score (nSPS) is 12.8. The van der Waals surface area contributed by atoms with Gasteiger partial charge in [0.05, 0.1) is 21.5 Å². The molecule has 2 N–H and O–H groups in total. The molecule has 1 rings (SSSR count). The van der Waals surface area contributed by atoms with Crippen molar-refractivity contribution in [2.45, 2.75) is 37.8 Å². The number of rotatable bonds is 5. The van der Waals surface area contributed by atoms with E-state index in [4.69, 9.17) is 16.9 Å². The minimum absolute atomic E-state index is 0.0414. The molecule has 114 valence electrons. The zero-order valence-corrected chi connectivity index (χ0v) is 13.4. The van der Waals surface area contributed by atoms with Crippen LogP contribution >= 0.6 is 11.6 Å². The Bertz CT molecular complexity index is 680. The molecule has 8 heteroatoms. The first-order valence-electron chi connectivity index (χ1n) is 6.19. The van der Waals surface area contributed by atoms with Crippen LogP contribution in [0.1, 0.15) is 26.3 Å². The smallest absolute Gasteiger partial charge is 0.241 e. The first kappa shape index (κ1) is 17.4. The van der Waals surface area contributed by atoms with E-state index < -0.39 is 22.0 Å². The molecule has 0 saturated carbocycles. The summed E-state index contributed by atoms with van der Waals surface area (Å²) < 4.78 is 26.6. The van der Waals surface area contributed by atoms with Gasteiger partial charge in [0.2, 0.25) is 15.9 Å². The first-order valence-corrected chi connectivity index (χ1v) is 8.06. The van der Waals surface area contributed by atoms with Crippen molar-refractivity contribution in [2.75, 3.05) is 0 Å². The van der Waals surface area contributed by atoms with Crippen molar-refractivity contribution in [2.24, 2.45) is 0 Å². The highest BCUT2D eigenvalue weighted by Crippen LogP contribution is 2.20. The van der Waals surface area contributed by atoms with E-state index in [0.717, 1.165) is 0 Å². The van der Waals surface area contributed by atoms with E-state index >= 15 is 0 Å². The van der Waals surface area contributed by atoms with Gasteiger partial charge in [-0.15, -0.1) is 0 Å². The van der Waals surface area contributed by atoms with Crippen molar-refractivity contribution < 1.29 is 13.2 Å². The Morgan fingerprint density at radius 3 is 2.43 bits per heavy atom. The molecule has 0 saturated heterocycles. The quantitative estimate of drug-likeness (QED) is 0.853. The second-order valence-electron chi connectivity index (χ2n) is 4.76. The van der Waals surface area contributed by atoms with E-state index in [-0.39, 0.29) is 21.5 Å². The lowest BCUT2D eigenvalue weighted by atomic mass is 10.2. The van der Waals surface area contributed by atoms with Gasteiger partial charge in [-0.25, -0.2) is 8.42 Å². The number of sulfonamides is 1. The second-order valence-corrected chi connectivity index (χ2v) is 6.88. The third kappa shape index (κ3) is 4.70. The molecule has 1 unspecified atom stereocenters. The number of halogens is 1. The van der Waals surface area contributed by atoms with Gasteiger partial charge in [0.1, 0.15) is 6.07 Å². The molecule has 1 aromatic rings. The van der Waals surface area contributed by atoms with Gasteiger partial charge in [-0.05, 0) is 39.0 Å². The van der Waals surface area contributed by atoms with Crippen molar-refractivity contribution in [3.63, 3.8) is 0 Å². The molecule has 1 aromatic carbocycles. The number of benzene rings is 1. The average molecular weight is 330 g/mol. The molecule has 0 fully saturated rings. The van der Waals surface area contributed by atoms with E-state index in [1.165, 1.54) is 25.1 Å². The van der Waals surface area contributed by atoms with Gasteiger partial charge in [0, 0.05) is 6.04 Å². The molecule has 0 aliphatic carbocycles. The molecule has 0 radical (unpaired) electrons. The minimum Gasteiger partial charge on any atom is -0.353 e. The number of carbonyl (C=O) groups is 1. The molecular weight excluding hydrogens is 314 g/mol. The Morgan fingerprint density at radius 2 is 1.95 bits per heavy atom.